The Morgan fingerprint density at radius 2 is 2.35 bits per heavy atom. The fourth-order valence-electron chi connectivity index (χ4n) is 2.09. The number of ether oxygens (including phenoxy) is 1. The summed E-state index contributed by atoms with van der Waals surface area (Å²) >= 11 is 5.64. The molecule has 2 heterocycles. The maximum absolute atomic E-state index is 5.59. The largest absolute Gasteiger partial charge is 0.377 e. The van der Waals surface area contributed by atoms with Crippen LogP contribution in [0.15, 0.2) is 4.47 Å². The molecule has 0 saturated carbocycles. The zero-order valence-corrected chi connectivity index (χ0v) is 13.0. The van der Waals surface area contributed by atoms with E-state index in [4.69, 9.17) is 4.74 Å². The molecule has 2 unspecified atom stereocenters. The van der Waals surface area contributed by atoms with Crippen LogP contribution in [0, 0.1) is 0 Å². The van der Waals surface area contributed by atoms with Gasteiger partial charge in [-0.15, -0.1) is 11.8 Å². The van der Waals surface area contributed by atoms with Crippen LogP contribution in [0.2, 0.25) is 0 Å². The molecule has 0 spiro atoms. The van der Waals surface area contributed by atoms with Gasteiger partial charge in [-0.05, 0) is 35.7 Å². The van der Waals surface area contributed by atoms with E-state index in [-0.39, 0.29) is 0 Å². The summed E-state index contributed by atoms with van der Waals surface area (Å²) in [5, 5.41) is 5.14. The van der Waals surface area contributed by atoms with Gasteiger partial charge in [0.1, 0.15) is 0 Å². The Labute approximate surface area is 115 Å². The number of thioether (sulfide) groups is 1. The number of aryl methyl sites for hydroxylation is 2. The van der Waals surface area contributed by atoms with E-state index in [1.807, 2.05) is 23.5 Å². The normalized spacial score (nSPS) is 24.5. The Bertz CT molecular complexity index is 394. The molecule has 0 radical (unpaired) electrons. The summed E-state index contributed by atoms with van der Waals surface area (Å²) in [7, 11) is 2.02. The van der Waals surface area contributed by atoms with Crippen molar-refractivity contribution in [1.82, 2.24) is 9.78 Å². The molecule has 1 aromatic rings. The van der Waals surface area contributed by atoms with Gasteiger partial charge in [0, 0.05) is 24.7 Å². The van der Waals surface area contributed by atoms with Crippen LogP contribution in [-0.4, -0.2) is 27.7 Å². The molecule has 5 heteroatoms. The predicted octanol–water partition coefficient (Wildman–Crippen LogP) is 3.16. The standard InChI is InChI=1S/C12H19BrN2OS/c1-4-9-12(13)10(15(3)14-9)7-17-11-5-6-16-8(11)2/h8,11H,4-7H2,1-3H3. The molecule has 3 nitrogen and oxygen atoms in total. The van der Waals surface area contributed by atoms with Gasteiger partial charge >= 0.3 is 0 Å². The van der Waals surface area contributed by atoms with Gasteiger partial charge < -0.3 is 4.74 Å². The van der Waals surface area contributed by atoms with Crippen molar-refractivity contribution < 1.29 is 4.74 Å². The number of halogens is 1. The lowest BCUT2D eigenvalue weighted by Gasteiger charge is -2.13. The van der Waals surface area contributed by atoms with Crippen molar-refractivity contribution >= 4 is 27.7 Å². The van der Waals surface area contributed by atoms with Crippen LogP contribution in [0.3, 0.4) is 0 Å². The molecule has 1 fully saturated rings. The lowest BCUT2D eigenvalue weighted by Crippen LogP contribution is -2.14. The van der Waals surface area contributed by atoms with E-state index in [1.54, 1.807) is 0 Å². The third kappa shape index (κ3) is 2.88. The summed E-state index contributed by atoms with van der Waals surface area (Å²) in [5.74, 6) is 1.00. The molecule has 17 heavy (non-hydrogen) atoms. The third-order valence-electron chi connectivity index (χ3n) is 3.24. The van der Waals surface area contributed by atoms with Crippen molar-refractivity contribution in [3.05, 3.63) is 15.9 Å². The summed E-state index contributed by atoms with van der Waals surface area (Å²) in [6.45, 7) is 5.21. The number of hydrogen-bond donors (Lipinski definition) is 0. The first kappa shape index (κ1) is 13.4. The summed E-state index contributed by atoms with van der Waals surface area (Å²) in [6.07, 6.45) is 2.53. The maximum Gasteiger partial charge on any atom is 0.0767 e. The summed E-state index contributed by atoms with van der Waals surface area (Å²) < 4.78 is 8.76. The highest BCUT2D eigenvalue weighted by atomic mass is 79.9. The molecule has 1 aromatic heterocycles. The van der Waals surface area contributed by atoms with Crippen LogP contribution in [0.4, 0.5) is 0 Å². The minimum Gasteiger partial charge on any atom is -0.377 e. The average molecular weight is 319 g/mol. The van der Waals surface area contributed by atoms with E-state index in [0.29, 0.717) is 11.4 Å². The Hall–Kier alpha value is -0.0000000000000000555. The molecule has 0 bridgehead atoms. The first-order chi connectivity index (χ1) is 8.13. The molecule has 0 amide bonds. The van der Waals surface area contributed by atoms with Gasteiger partial charge in [0.15, 0.2) is 0 Å². The Kier molecular flexibility index (Phi) is 4.55. The van der Waals surface area contributed by atoms with Gasteiger partial charge in [-0.25, -0.2) is 0 Å². The zero-order chi connectivity index (χ0) is 12.4. The second-order valence-corrected chi connectivity index (χ2v) is 6.42. The van der Waals surface area contributed by atoms with Gasteiger partial charge in [-0.3, -0.25) is 4.68 Å². The van der Waals surface area contributed by atoms with Crippen molar-refractivity contribution in [3.8, 4) is 0 Å². The van der Waals surface area contributed by atoms with Crippen molar-refractivity contribution in [3.63, 3.8) is 0 Å². The summed E-state index contributed by atoms with van der Waals surface area (Å²) in [5.41, 5.74) is 2.43. The SMILES string of the molecule is CCc1nn(C)c(CSC2CCOC2C)c1Br. The Morgan fingerprint density at radius 1 is 1.59 bits per heavy atom. The van der Waals surface area contributed by atoms with E-state index in [1.165, 1.54) is 16.6 Å². The first-order valence-corrected chi connectivity index (χ1v) is 7.91. The monoisotopic (exact) mass is 318 g/mol. The van der Waals surface area contributed by atoms with E-state index >= 15 is 0 Å². The fraction of sp³-hybridized carbons (Fsp3) is 0.750. The second kappa shape index (κ2) is 5.76. The molecule has 1 aliphatic rings. The van der Waals surface area contributed by atoms with Gasteiger partial charge in [-0.2, -0.15) is 5.10 Å². The maximum atomic E-state index is 5.59. The Morgan fingerprint density at radius 3 is 2.88 bits per heavy atom. The number of hydrogen-bond acceptors (Lipinski definition) is 3. The van der Waals surface area contributed by atoms with Crippen LogP contribution in [0.1, 0.15) is 31.7 Å². The Balaban J connectivity index is 2.01. The summed E-state index contributed by atoms with van der Waals surface area (Å²) in [4.78, 5) is 0. The molecule has 96 valence electrons. The van der Waals surface area contributed by atoms with E-state index in [2.05, 4.69) is 34.9 Å². The van der Waals surface area contributed by atoms with Crippen LogP contribution in [-0.2, 0) is 24.0 Å². The predicted molar refractivity (Wildman–Crippen MR) is 75.4 cm³/mol. The van der Waals surface area contributed by atoms with Crippen LogP contribution < -0.4 is 0 Å². The van der Waals surface area contributed by atoms with Gasteiger partial charge in [0.25, 0.3) is 0 Å². The molecular weight excluding hydrogens is 300 g/mol. The van der Waals surface area contributed by atoms with Crippen molar-refractivity contribution in [2.24, 2.45) is 7.05 Å². The molecular formula is C12H19BrN2OS. The smallest absolute Gasteiger partial charge is 0.0767 e. The molecule has 0 aromatic carbocycles. The van der Waals surface area contributed by atoms with Crippen molar-refractivity contribution in [2.45, 2.75) is 43.8 Å². The zero-order valence-electron chi connectivity index (χ0n) is 10.6. The van der Waals surface area contributed by atoms with E-state index in [0.717, 1.165) is 24.5 Å². The number of rotatable bonds is 4. The molecule has 0 N–H and O–H groups in total. The second-order valence-electron chi connectivity index (χ2n) is 4.40. The number of aromatic nitrogens is 2. The van der Waals surface area contributed by atoms with Crippen molar-refractivity contribution in [2.75, 3.05) is 6.61 Å². The quantitative estimate of drug-likeness (QED) is 0.853. The minimum absolute atomic E-state index is 0.387. The average Bonchev–Trinajstić information content (AvgIpc) is 2.82. The van der Waals surface area contributed by atoms with E-state index < -0.39 is 0 Å². The minimum atomic E-state index is 0.387. The fourth-order valence-corrected chi connectivity index (χ4v) is 4.35. The van der Waals surface area contributed by atoms with Crippen molar-refractivity contribution in [1.29, 1.82) is 0 Å². The molecule has 0 aliphatic carbocycles. The molecule has 1 aliphatic heterocycles. The number of nitrogens with zero attached hydrogens (tertiary/aromatic N) is 2. The third-order valence-corrected chi connectivity index (χ3v) is 5.65. The van der Waals surface area contributed by atoms with Crippen LogP contribution in [0.25, 0.3) is 0 Å². The van der Waals surface area contributed by atoms with E-state index in [9.17, 15) is 0 Å². The summed E-state index contributed by atoms with van der Waals surface area (Å²) in [6, 6.07) is 0. The van der Waals surface area contributed by atoms with Gasteiger partial charge in [0.2, 0.25) is 0 Å². The first-order valence-electron chi connectivity index (χ1n) is 6.07. The van der Waals surface area contributed by atoms with Gasteiger partial charge in [-0.1, -0.05) is 6.92 Å². The molecule has 1 saturated heterocycles. The topological polar surface area (TPSA) is 27.1 Å². The van der Waals surface area contributed by atoms with Crippen LogP contribution in [0.5, 0.6) is 0 Å². The van der Waals surface area contributed by atoms with Crippen LogP contribution >= 0.6 is 27.7 Å². The highest BCUT2D eigenvalue weighted by Gasteiger charge is 2.25. The highest BCUT2D eigenvalue weighted by Crippen LogP contribution is 2.32. The lowest BCUT2D eigenvalue weighted by molar-refractivity contribution is 0.127. The molecule has 2 atom stereocenters. The highest BCUT2D eigenvalue weighted by molar-refractivity contribution is 9.10. The molecule has 2 rings (SSSR count). The lowest BCUT2D eigenvalue weighted by atomic mass is 10.3. The van der Waals surface area contributed by atoms with Gasteiger partial charge in [0.05, 0.1) is 22.0 Å².